The van der Waals surface area contributed by atoms with Gasteiger partial charge in [-0.1, -0.05) is 30.4 Å². The van der Waals surface area contributed by atoms with Crippen LogP contribution in [0.15, 0.2) is 46.9 Å². The molecule has 1 aliphatic heterocycles. The molecule has 1 aromatic carbocycles. The molecule has 1 aliphatic carbocycles. The van der Waals surface area contributed by atoms with E-state index < -0.39 is 18.2 Å². The number of rotatable bonds is 7. The summed E-state index contributed by atoms with van der Waals surface area (Å²) in [6.07, 6.45) is 6.55. The fourth-order valence-electron chi connectivity index (χ4n) is 4.96. The molecule has 2 aliphatic rings. The van der Waals surface area contributed by atoms with Gasteiger partial charge in [-0.2, -0.15) is 0 Å². The normalized spacial score (nSPS) is 30.4. The van der Waals surface area contributed by atoms with E-state index in [1.54, 1.807) is 6.08 Å². The third-order valence-electron chi connectivity index (χ3n) is 6.60. The summed E-state index contributed by atoms with van der Waals surface area (Å²) in [6.45, 7) is 0.631. The number of aliphatic hydroxyl groups is 2. The first-order valence-electron chi connectivity index (χ1n) is 10.9. The van der Waals surface area contributed by atoms with Crippen molar-refractivity contribution < 1.29 is 29.3 Å². The number of ether oxygens (including phenoxy) is 1. The predicted octanol–water partition coefficient (Wildman–Crippen LogP) is 4.07. The van der Waals surface area contributed by atoms with E-state index >= 15 is 0 Å². The van der Waals surface area contributed by atoms with Gasteiger partial charge in [0.1, 0.15) is 17.4 Å². The highest BCUT2D eigenvalue weighted by Gasteiger charge is 2.43. The fraction of sp³-hybridized carbons (Fsp3) is 0.542. The van der Waals surface area contributed by atoms with Crippen molar-refractivity contribution in [2.45, 2.75) is 56.8 Å². The predicted molar refractivity (Wildman–Crippen MR) is 112 cm³/mol. The van der Waals surface area contributed by atoms with Crippen molar-refractivity contribution in [3.8, 4) is 0 Å². The Kier molecular flexibility index (Phi) is 6.56. The Labute approximate surface area is 176 Å². The highest BCUT2D eigenvalue weighted by Crippen LogP contribution is 2.42. The first-order valence-corrected chi connectivity index (χ1v) is 10.9. The molecule has 3 N–H and O–H groups in total. The highest BCUT2D eigenvalue weighted by molar-refractivity contribution is 5.77. The van der Waals surface area contributed by atoms with Crippen LogP contribution in [0, 0.1) is 17.8 Å². The zero-order chi connectivity index (χ0) is 21.1. The molecule has 162 valence electrons. The number of benzene rings is 1. The molecule has 0 spiro atoms. The minimum Gasteiger partial charge on any atom is -0.481 e. The Bertz CT molecular complexity index is 854. The van der Waals surface area contributed by atoms with Crippen molar-refractivity contribution in [1.82, 2.24) is 0 Å². The molecule has 30 heavy (non-hydrogen) atoms. The summed E-state index contributed by atoms with van der Waals surface area (Å²) in [5, 5.41) is 30.9. The Morgan fingerprint density at radius 1 is 1.27 bits per heavy atom. The number of aliphatic hydroxyl groups excluding tert-OH is 2. The van der Waals surface area contributed by atoms with Gasteiger partial charge in [0.05, 0.1) is 12.2 Å². The van der Waals surface area contributed by atoms with Gasteiger partial charge in [0, 0.05) is 30.8 Å². The number of furan rings is 1. The lowest BCUT2D eigenvalue weighted by Crippen LogP contribution is -2.21. The van der Waals surface area contributed by atoms with E-state index in [4.69, 9.17) is 14.3 Å². The standard InChI is InChI=1S/C24H30O6/c25-19(23-12-16-5-1-2-6-21(16)30-23)11-10-17-18-9-8-15(4-3-7-24(27)28)14-29-22(18)13-20(17)26/h1-2,5-6,10-12,15,17-20,22,25-26H,3-4,7-9,13-14H2,(H,27,28)/b11-10+/t15-,17+,18+,19-,20+,22-/m0/s1. The molecule has 1 saturated heterocycles. The van der Waals surface area contributed by atoms with E-state index in [0.717, 1.165) is 30.2 Å². The van der Waals surface area contributed by atoms with Crippen LogP contribution in [0.2, 0.25) is 0 Å². The largest absolute Gasteiger partial charge is 0.481 e. The van der Waals surface area contributed by atoms with Gasteiger partial charge in [0.15, 0.2) is 0 Å². The van der Waals surface area contributed by atoms with Gasteiger partial charge >= 0.3 is 5.97 Å². The number of hydrogen-bond acceptors (Lipinski definition) is 5. The zero-order valence-corrected chi connectivity index (χ0v) is 17.0. The molecule has 1 aromatic heterocycles. The molecule has 4 rings (SSSR count). The number of fused-ring (bicyclic) bond motifs is 2. The number of hydrogen-bond donors (Lipinski definition) is 3. The summed E-state index contributed by atoms with van der Waals surface area (Å²) < 4.78 is 11.8. The van der Waals surface area contributed by atoms with E-state index in [-0.39, 0.29) is 24.4 Å². The van der Waals surface area contributed by atoms with Crippen LogP contribution in [-0.4, -0.2) is 40.1 Å². The minimum absolute atomic E-state index is 0.0162. The maximum Gasteiger partial charge on any atom is 0.303 e. The van der Waals surface area contributed by atoms with E-state index in [1.807, 2.05) is 36.4 Å². The van der Waals surface area contributed by atoms with Crippen molar-refractivity contribution in [2.75, 3.05) is 6.61 Å². The summed E-state index contributed by atoms with van der Waals surface area (Å²) in [6, 6.07) is 9.48. The number of aliphatic carboxylic acids is 1. The third kappa shape index (κ3) is 4.77. The molecule has 2 aromatic rings. The molecule has 0 unspecified atom stereocenters. The van der Waals surface area contributed by atoms with Crippen molar-refractivity contribution >= 4 is 16.9 Å². The Hall–Kier alpha value is -2.15. The topological polar surface area (TPSA) is 100 Å². The van der Waals surface area contributed by atoms with Crippen LogP contribution in [0.25, 0.3) is 11.0 Å². The van der Waals surface area contributed by atoms with Crippen LogP contribution in [0.4, 0.5) is 0 Å². The van der Waals surface area contributed by atoms with E-state index in [9.17, 15) is 15.0 Å². The van der Waals surface area contributed by atoms with E-state index in [0.29, 0.717) is 31.1 Å². The zero-order valence-electron chi connectivity index (χ0n) is 17.0. The summed E-state index contributed by atoms with van der Waals surface area (Å²) in [5.41, 5.74) is 0.743. The van der Waals surface area contributed by atoms with Crippen LogP contribution in [0.5, 0.6) is 0 Å². The molecular formula is C24H30O6. The lowest BCUT2D eigenvalue weighted by Gasteiger charge is -2.21. The fourth-order valence-corrected chi connectivity index (χ4v) is 4.96. The summed E-state index contributed by atoms with van der Waals surface area (Å²) in [4.78, 5) is 10.7. The molecular weight excluding hydrogens is 384 g/mol. The molecule has 1 saturated carbocycles. The smallest absolute Gasteiger partial charge is 0.303 e. The summed E-state index contributed by atoms with van der Waals surface area (Å²) in [7, 11) is 0. The Morgan fingerprint density at radius 2 is 2.10 bits per heavy atom. The number of para-hydroxylation sites is 1. The van der Waals surface area contributed by atoms with Crippen LogP contribution in [0.3, 0.4) is 0 Å². The number of carboxylic acids is 1. The first-order chi connectivity index (χ1) is 14.5. The molecule has 2 fully saturated rings. The first kappa shape index (κ1) is 21.1. The van der Waals surface area contributed by atoms with Gasteiger partial charge in [0.2, 0.25) is 0 Å². The van der Waals surface area contributed by atoms with Gasteiger partial charge < -0.3 is 24.5 Å². The second kappa shape index (κ2) is 9.33. The number of carboxylic acid groups (broad SMARTS) is 1. The van der Waals surface area contributed by atoms with Crippen molar-refractivity contribution in [1.29, 1.82) is 0 Å². The Balaban J connectivity index is 1.38. The average Bonchev–Trinajstić information content (AvgIpc) is 3.22. The van der Waals surface area contributed by atoms with Gasteiger partial charge in [-0.3, -0.25) is 4.79 Å². The molecule has 0 bridgehead atoms. The summed E-state index contributed by atoms with van der Waals surface area (Å²) >= 11 is 0. The maximum atomic E-state index is 10.7. The van der Waals surface area contributed by atoms with Gasteiger partial charge in [-0.25, -0.2) is 0 Å². The van der Waals surface area contributed by atoms with Gasteiger partial charge in [-0.05, 0) is 49.7 Å². The van der Waals surface area contributed by atoms with E-state index in [2.05, 4.69) is 0 Å². The molecule has 6 heteroatoms. The maximum absolute atomic E-state index is 10.7. The number of carbonyl (C=O) groups is 1. The van der Waals surface area contributed by atoms with E-state index in [1.165, 1.54) is 0 Å². The molecule has 2 heterocycles. The Morgan fingerprint density at radius 3 is 2.90 bits per heavy atom. The average molecular weight is 414 g/mol. The van der Waals surface area contributed by atoms with Crippen LogP contribution in [-0.2, 0) is 9.53 Å². The van der Waals surface area contributed by atoms with Crippen molar-refractivity contribution in [3.63, 3.8) is 0 Å². The monoisotopic (exact) mass is 414 g/mol. The van der Waals surface area contributed by atoms with Gasteiger partial charge in [-0.15, -0.1) is 0 Å². The highest BCUT2D eigenvalue weighted by atomic mass is 16.5. The van der Waals surface area contributed by atoms with Gasteiger partial charge in [0.25, 0.3) is 0 Å². The third-order valence-corrected chi connectivity index (χ3v) is 6.60. The van der Waals surface area contributed by atoms with Crippen molar-refractivity contribution in [2.24, 2.45) is 17.8 Å². The second-order valence-electron chi connectivity index (χ2n) is 8.66. The van der Waals surface area contributed by atoms with Crippen LogP contribution >= 0.6 is 0 Å². The van der Waals surface area contributed by atoms with Crippen LogP contribution in [0.1, 0.15) is 50.4 Å². The quantitative estimate of drug-likeness (QED) is 0.591. The molecule has 0 radical (unpaired) electrons. The molecule has 6 nitrogen and oxygen atoms in total. The lowest BCUT2D eigenvalue weighted by molar-refractivity contribution is -0.137. The lowest BCUT2D eigenvalue weighted by atomic mass is 9.86. The SMILES string of the molecule is O=C(O)CCC[C@H]1CC[C@@H]2[C@@H](/C=C/[C@H](O)c3cc4ccccc4o3)[C@H](O)C[C@@H]2OC1. The summed E-state index contributed by atoms with van der Waals surface area (Å²) in [5.74, 6) is 0.262. The van der Waals surface area contributed by atoms with Crippen LogP contribution < -0.4 is 0 Å². The minimum atomic E-state index is -0.862. The second-order valence-corrected chi connectivity index (χ2v) is 8.66. The molecule has 6 atom stereocenters. The van der Waals surface area contributed by atoms with Crippen molar-refractivity contribution in [3.05, 3.63) is 48.2 Å². The molecule has 0 amide bonds.